The molecule has 0 fully saturated rings. The number of carbonyl (C=O) groups is 1. The van der Waals surface area contributed by atoms with Crippen molar-refractivity contribution in [3.05, 3.63) is 66.2 Å². The number of benzene rings is 2. The zero-order valence-corrected chi connectivity index (χ0v) is 13.7. The van der Waals surface area contributed by atoms with Crippen molar-refractivity contribution >= 4 is 11.6 Å². The topological polar surface area (TPSA) is 65.4 Å². The maximum atomic E-state index is 14.1. The number of carbonyl (C=O) groups excluding carboxylic acids is 1. The molecule has 0 atom stereocenters. The third-order valence-corrected chi connectivity index (χ3v) is 3.59. The summed E-state index contributed by atoms with van der Waals surface area (Å²) in [4.78, 5) is 12.4. The molecular weight excluding hydrogens is 325 g/mol. The van der Waals surface area contributed by atoms with Crippen LogP contribution in [0.25, 0.3) is 5.69 Å². The molecule has 0 spiro atoms. The van der Waals surface area contributed by atoms with Gasteiger partial charge in [0.1, 0.15) is 0 Å². The van der Waals surface area contributed by atoms with Crippen molar-refractivity contribution in [1.29, 1.82) is 0 Å². The summed E-state index contributed by atoms with van der Waals surface area (Å²) in [6.45, 7) is 0. The van der Waals surface area contributed by atoms with Crippen molar-refractivity contribution in [1.82, 2.24) is 9.78 Å². The van der Waals surface area contributed by atoms with E-state index in [1.165, 1.54) is 26.5 Å². The summed E-state index contributed by atoms with van der Waals surface area (Å²) >= 11 is 0. The Kier molecular flexibility index (Phi) is 4.65. The van der Waals surface area contributed by atoms with Gasteiger partial charge in [-0.3, -0.25) is 4.79 Å². The molecule has 2 aromatic carbocycles. The number of amides is 1. The highest BCUT2D eigenvalue weighted by Crippen LogP contribution is 2.32. The monoisotopic (exact) mass is 341 g/mol. The molecule has 3 aromatic rings. The summed E-state index contributed by atoms with van der Waals surface area (Å²) in [5.74, 6) is -0.538. The van der Waals surface area contributed by atoms with E-state index in [2.05, 4.69) is 10.4 Å². The number of methoxy groups -OCH3 is 2. The number of anilines is 1. The SMILES string of the molecule is COc1cc(F)c(NC(=O)c2cnn(-c3ccccc3)c2)cc1OC. The quantitative estimate of drug-likeness (QED) is 0.773. The number of para-hydroxylation sites is 1. The van der Waals surface area contributed by atoms with Crippen LogP contribution in [0.3, 0.4) is 0 Å². The molecule has 0 radical (unpaired) electrons. The Morgan fingerprint density at radius 3 is 2.48 bits per heavy atom. The number of halogens is 1. The molecule has 0 aliphatic carbocycles. The fourth-order valence-corrected chi connectivity index (χ4v) is 2.31. The summed E-state index contributed by atoms with van der Waals surface area (Å²) in [6.07, 6.45) is 2.99. The van der Waals surface area contributed by atoms with Gasteiger partial charge in [0.05, 0.1) is 37.4 Å². The van der Waals surface area contributed by atoms with Crippen molar-refractivity contribution < 1.29 is 18.7 Å². The van der Waals surface area contributed by atoms with Gasteiger partial charge in [-0.05, 0) is 12.1 Å². The third kappa shape index (κ3) is 3.45. The maximum Gasteiger partial charge on any atom is 0.258 e. The molecule has 128 valence electrons. The summed E-state index contributed by atoms with van der Waals surface area (Å²) in [5, 5.41) is 6.66. The van der Waals surface area contributed by atoms with E-state index >= 15 is 0 Å². The zero-order chi connectivity index (χ0) is 17.8. The number of hydrogen-bond acceptors (Lipinski definition) is 4. The first-order valence-electron chi connectivity index (χ1n) is 7.45. The van der Waals surface area contributed by atoms with Gasteiger partial charge in [-0.1, -0.05) is 18.2 Å². The van der Waals surface area contributed by atoms with E-state index in [4.69, 9.17) is 9.47 Å². The first-order chi connectivity index (χ1) is 12.1. The highest BCUT2D eigenvalue weighted by Gasteiger charge is 2.15. The standard InChI is InChI=1S/C18H16FN3O3/c1-24-16-8-14(19)15(9-17(16)25-2)21-18(23)12-10-20-22(11-12)13-6-4-3-5-7-13/h3-11H,1-2H3,(H,21,23). The van der Waals surface area contributed by atoms with Crippen LogP contribution in [0, 0.1) is 5.82 Å². The van der Waals surface area contributed by atoms with Crippen molar-refractivity contribution in [3.63, 3.8) is 0 Å². The fourth-order valence-electron chi connectivity index (χ4n) is 2.31. The lowest BCUT2D eigenvalue weighted by Crippen LogP contribution is -2.12. The lowest BCUT2D eigenvalue weighted by atomic mass is 10.2. The molecule has 0 aliphatic heterocycles. The lowest BCUT2D eigenvalue weighted by Gasteiger charge is -2.11. The molecule has 25 heavy (non-hydrogen) atoms. The van der Waals surface area contributed by atoms with Crippen LogP contribution < -0.4 is 14.8 Å². The van der Waals surface area contributed by atoms with E-state index in [1.807, 2.05) is 30.3 Å². The molecule has 1 amide bonds. The van der Waals surface area contributed by atoms with Crippen LogP contribution in [0.1, 0.15) is 10.4 Å². The minimum Gasteiger partial charge on any atom is -0.493 e. The molecule has 0 saturated carbocycles. The van der Waals surface area contributed by atoms with Crippen LogP contribution in [0.5, 0.6) is 11.5 Å². The van der Waals surface area contributed by atoms with Crippen molar-refractivity contribution in [2.24, 2.45) is 0 Å². The number of hydrogen-bond donors (Lipinski definition) is 1. The van der Waals surface area contributed by atoms with Gasteiger partial charge in [0.2, 0.25) is 0 Å². The summed E-state index contributed by atoms with van der Waals surface area (Å²) < 4.78 is 25.8. The van der Waals surface area contributed by atoms with Gasteiger partial charge >= 0.3 is 0 Å². The molecule has 1 heterocycles. The predicted molar refractivity (Wildman–Crippen MR) is 91.0 cm³/mol. The number of nitrogens with zero attached hydrogens (tertiary/aromatic N) is 2. The molecule has 6 nitrogen and oxygen atoms in total. The van der Waals surface area contributed by atoms with E-state index in [0.717, 1.165) is 11.8 Å². The van der Waals surface area contributed by atoms with Crippen molar-refractivity contribution in [2.75, 3.05) is 19.5 Å². The molecule has 1 aromatic heterocycles. The minimum absolute atomic E-state index is 0.00453. The highest BCUT2D eigenvalue weighted by atomic mass is 19.1. The van der Waals surface area contributed by atoms with E-state index in [9.17, 15) is 9.18 Å². The number of rotatable bonds is 5. The number of ether oxygens (including phenoxy) is 2. The average Bonchev–Trinajstić information content (AvgIpc) is 3.14. The molecule has 3 rings (SSSR count). The lowest BCUT2D eigenvalue weighted by molar-refractivity contribution is 0.102. The second kappa shape index (κ2) is 7.04. The van der Waals surface area contributed by atoms with E-state index < -0.39 is 11.7 Å². The van der Waals surface area contributed by atoms with Gasteiger partial charge < -0.3 is 14.8 Å². The first kappa shape index (κ1) is 16.5. The fraction of sp³-hybridized carbons (Fsp3) is 0.111. The Balaban J connectivity index is 1.82. The second-order valence-corrected chi connectivity index (χ2v) is 5.15. The predicted octanol–water partition coefficient (Wildman–Crippen LogP) is 3.28. The van der Waals surface area contributed by atoms with E-state index in [1.54, 1.807) is 10.9 Å². The molecular formula is C18H16FN3O3. The van der Waals surface area contributed by atoms with E-state index in [-0.39, 0.29) is 11.4 Å². The minimum atomic E-state index is -0.624. The largest absolute Gasteiger partial charge is 0.493 e. The van der Waals surface area contributed by atoms with Crippen LogP contribution >= 0.6 is 0 Å². The Morgan fingerprint density at radius 2 is 1.80 bits per heavy atom. The van der Waals surface area contributed by atoms with Gasteiger partial charge in [-0.15, -0.1) is 0 Å². The van der Waals surface area contributed by atoms with Crippen molar-refractivity contribution in [2.45, 2.75) is 0 Å². The highest BCUT2D eigenvalue weighted by molar-refractivity contribution is 6.04. The van der Waals surface area contributed by atoms with Crippen LogP contribution in [0.15, 0.2) is 54.9 Å². The van der Waals surface area contributed by atoms with Crippen LogP contribution in [0.4, 0.5) is 10.1 Å². The average molecular weight is 341 g/mol. The molecule has 7 heteroatoms. The van der Waals surface area contributed by atoms with Gasteiger partial charge in [0, 0.05) is 18.3 Å². The first-order valence-corrected chi connectivity index (χ1v) is 7.45. The smallest absolute Gasteiger partial charge is 0.258 e. The Bertz CT molecular complexity index is 894. The van der Waals surface area contributed by atoms with Gasteiger partial charge in [0.15, 0.2) is 17.3 Å². The van der Waals surface area contributed by atoms with Gasteiger partial charge in [-0.2, -0.15) is 5.10 Å². The Labute approximate surface area is 143 Å². The molecule has 0 saturated heterocycles. The normalized spacial score (nSPS) is 10.4. The van der Waals surface area contributed by atoms with Crippen LogP contribution in [0.2, 0.25) is 0 Å². The second-order valence-electron chi connectivity index (χ2n) is 5.15. The molecule has 0 unspecified atom stereocenters. The maximum absolute atomic E-state index is 14.1. The third-order valence-electron chi connectivity index (χ3n) is 3.59. The van der Waals surface area contributed by atoms with Gasteiger partial charge in [0.25, 0.3) is 5.91 Å². The Morgan fingerprint density at radius 1 is 1.12 bits per heavy atom. The Hall–Kier alpha value is -3.35. The zero-order valence-electron chi connectivity index (χ0n) is 13.7. The molecule has 0 bridgehead atoms. The summed E-state index contributed by atoms with van der Waals surface area (Å²) in [6, 6.07) is 11.9. The van der Waals surface area contributed by atoms with Crippen molar-refractivity contribution in [3.8, 4) is 17.2 Å². The van der Waals surface area contributed by atoms with Crippen LogP contribution in [-0.4, -0.2) is 29.9 Å². The summed E-state index contributed by atoms with van der Waals surface area (Å²) in [7, 11) is 2.85. The number of nitrogens with one attached hydrogen (secondary N) is 1. The van der Waals surface area contributed by atoms with Crippen LogP contribution in [-0.2, 0) is 0 Å². The van der Waals surface area contributed by atoms with Gasteiger partial charge in [-0.25, -0.2) is 9.07 Å². The summed E-state index contributed by atoms with van der Waals surface area (Å²) in [5.41, 5.74) is 1.12. The van der Waals surface area contributed by atoms with E-state index in [0.29, 0.717) is 11.3 Å². The number of aromatic nitrogens is 2. The molecule has 0 aliphatic rings. The molecule has 1 N–H and O–H groups in total.